The fraction of sp³-hybridized carbons (Fsp3) is 0.296. The van der Waals surface area contributed by atoms with E-state index in [-0.39, 0.29) is 5.91 Å². The minimum Gasteiger partial charge on any atom is -0.274 e. The number of para-hydroxylation sites is 1. The van der Waals surface area contributed by atoms with Crippen molar-refractivity contribution in [3.63, 3.8) is 0 Å². The van der Waals surface area contributed by atoms with Crippen molar-refractivity contribution in [2.75, 3.05) is 4.90 Å². The minimum absolute atomic E-state index is 0.0823. The number of rotatable bonds is 4. The lowest BCUT2D eigenvalue weighted by atomic mass is 9.92. The van der Waals surface area contributed by atoms with Crippen LogP contribution in [0.4, 0.5) is 5.69 Å². The van der Waals surface area contributed by atoms with Crippen LogP contribution in [-0.2, 0) is 19.6 Å². The van der Waals surface area contributed by atoms with Crippen molar-refractivity contribution in [1.29, 1.82) is 0 Å². The summed E-state index contributed by atoms with van der Waals surface area (Å²) in [4.78, 5) is 20.2. The predicted octanol–water partition coefficient (Wildman–Crippen LogP) is 6.58. The zero-order chi connectivity index (χ0) is 22.5. The van der Waals surface area contributed by atoms with Gasteiger partial charge in [0.15, 0.2) is 0 Å². The van der Waals surface area contributed by atoms with Crippen LogP contribution in [0.1, 0.15) is 43.2 Å². The first kappa shape index (κ1) is 21.2. The largest absolute Gasteiger partial charge is 0.279 e. The van der Waals surface area contributed by atoms with E-state index in [1.807, 2.05) is 88.8 Å². The number of fused-ring (bicyclic) bond motifs is 2. The number of nitrogens with zero attached hydrogens (tertiary/aromatic N) is 2. The van der Waals surface area contributed by atoms with Crippen molar-refractivity contribution in [2.24, 2.45) is 0 Å². The molecule has 2 atom stereocenters. The zero-order valence-corrected chi connectivity index (χ0v) is 19.8. The number of alkyl halides is 1. The van der Waals surface area contributed by atoms with Crippen molar-refractivity contribution < 1.29 is 9.63 Å². The minimum atomic E-state index is -1.20. The number of thioether (sulfide) groups is 1. The van der Waals surface area contributed by atoms with Crippen LogP contribution in [0.5, 0.6) is 0 Å². The number of halogens is 1. The Hall–Kier alpha value is -2.31. The van der Waals surface area contributed by atoms with Gasteiger partial charge in [0.05, 0.1) is 0 Å². The molecule has 6 heteroatoms. The molecule has 4 nitrogen and oxygen atoms in total. The first-order chi connectivity index (χ1) is 16.1. The molecule has 2 heterocycles. The van der Waals surface area contributed by atoms with Gasteiger partial charge in [-0.05, 0) is 25.0 Å². The van der Waals surface area contributed by atoms with Gasteiger partial charge in [0.1, 0.15) is 5.00 Å². The quantitative estimate of drug-likeness (QED) is 0.314. The summed E-state index contributed by atoms with van der Waals surface area (Å²) in [5.41, 5.74) is 2.64. The zero-order valence-electron chi connectivity index (χ0n) is 18.2. The van der Waals surface area contributed by atoms with Crippen LogP contribution >= 0.6 is 23.4 Å². The average Bonchev–Trinajstić information content (AvgIpc) is 3.38. The molecular formula is C27H25ClN2O2S. The first-order valence-corrected chi connectivity index (χ1v) is 12.7. The Labute approximate surface area is 203 Å². The molecule has 2 bridgehead atoms. The maximum absolute atomic E-state index is 14.3. The van der Waals surface area contributed by atoms with Crippen LogP contribution in [0.2, 0.25) is 0 Å². The number of hydroxylamine groups is 2. The van der Waals surface area contributed by atoms with Gasteiger partial charge >= 0.3 is 0 Å². The molecule has 6 rings (SSSR count). The molecule has 1 aliphatic carbocycles. The Morgan fingerprint density at radius 2 is 1.30 bits per heavy atom. The van der Waals surface area contributed by atoms with E-state index < -0.39 is 14.9 Å². The van der Waals surface area contributed by atoms with Gasteiger partial charge in [-0.1, -0.05) is 121 Å². The summed E-state index contributed by atoms with van der Waals surface area (Å²) in [6.45, 7) is 0. The summed E-state index contributed by atoms with van der Waals surface area (Å²) in [5, 5.41) is 1.96. The highest BCUT2D eigenvalue weighted by Gasteiger charge is 2.76. The second-order valence-corrected chi connectivity index (χ2v) is 11.0. The van der Waals surface area contributed by atoms with Crippen LogP contribution in [0.3, 0.4) is 0 Å². The molecule has 3 aliphatic rings. The molecule has 2 aliphatic heterocycles. The van der Waals surface area contributed by atoms with Gasteiger partial charge in [0, 0.05) is 16.8 Å². The molecule has 2 saturated heterocycles. The lowest BCUT2D eigenvalue weighted by Crippen LogP contribution is -2.65. The molecule has 1 saturated carbocycles. The Kier molecular flexibility index (Phi) is 5.07. The molecule has 33 heavy (non-hydrogen) atoms. The number of carbonyl (C=O) groups is 1. The van der Waals surface area contributed by atoms with E-state index >= 15 is 0 Å². The summed E-state index contributed by atoms with van der Waals surface area (Å²) < 4.78 is 0. The summed E-state index contributed by atoms with van der Waals surface area (Å²) in [5.74, 6) is -0.0823. The van der Waals surface area contributed by atoms with Crippen LogP contribution in [0.15, 0.2) is 91.0 Å². The van der Waals surface area contributed by atoms with Gasteiger partial charge < -0.3 is 0 Å². The van der Waals surface area contributed by atoms with E-state index in [0.717, 1.165) is 42.5 Å². The number of hydrogen-bond donors (Lipinski definition) is 0. The Morgan fingerprint density at radius 1 is 0.758 bits per heavy atom. The van der Waals surface area contributed by atoms with Gasteiger partial charge in [0.2, 0.25) is 9.93 Å². The highest BCUT2D eigenvalue weighted by molar-refractivity contribution is 8.02. The summed E-state index contributed by atoms with van der Waals surface area (Å²) >= 11 is 8.95. The van der Waals surface area contributed by atoms with Crippen LogP contribution < -0.4 is 4.90 Å². The monoisotopic (exact) mass is 476 g/mol. The van der Waals surface area contributed by atoms with Gasteiger partial charge in [-0.3, -0.25) is 14.5 Å². The van der Waals surface area contributed by atoms with Crippen LogP contribution in [0.25, 0.3) is 0 Å². The van der Waals surface area contributed by atoms with Crippen molar-refractivity contribution in [2.45, 2.75) is 47.0 Å². The second kappa shape index (κ2) is 7.88. The normalized spacial score (nSPS) is 28.9. The molecule has 0 aromatic heterocycles. The van der Waals surface area contributed by atoms with Crippen LogP contribution in [-0.4, -0.2) is 16.0 Å². The van der Waals surface area contributed by atoms with E-state index in [2.05, 4.69) is 12.1 Å². The number of anilines is 1. The molecule has 0 spiro atoms. The fourth-order valence-electron chi connectivity index (χ4n) is 5.33. The van der Waals surface area contributed by atoms with E-state index in [9.17, 15) is 4.79 Å². The molecule has 0 radical (unpaired) electrons. The van der Waals surface area contributed by atoms with Crippen molar-refractivity contribution in [1.82, 2.24) is 5.06 Å². The number of amides is 1. The van der Waals surface area contributed by atoms with Crippen molar-refractivity contribution in [3.05, 3.63) is 102 Å². The van der Waals surface area contributed by atoms with Gasteiger partial charge in [-0.15, -0.1) is 5.06 Å². The fourth-order valence-corrected chi connectivity index (χ4v) is 7.58. The van der Waals surface area contributed by atoms with Gasteiger partial charge in [-0.25, -0.2) is 0 Å². The molecule has 1 amide bonds. The average molecular weight is 477 g/mol. The third kappa shape index (κ3) is 3.03. The highest BCUT2D eigenvalue weighted by atomic mass is 35.5. The third-order valence-corrected chi connectivity index (χ3v) is 9.04. The molecule has 168 valence electrons. The highest BCUT2D eigenvalue weighted by Crippen LogP contribution is 2.70. The summed E-state index contributed by atoms with van der Waals surface area (Å²) in [6, 6.07) is 29.9. The van der Waals surface area contributed by atoms with Gasteiger partial charge in [-0.2, -0.15) is 0 Å². The predicted molar refractivity (Wildman–Crippen MR) is 132 cm³/mol. The number of hydrogen-bond acceptors (Lipinski definition) is 4. The SMILES string of the molecule is O=C1N(c2ccccc2)[C@]2(c3ccccc3)S[C@@]1(c1ccccc1)ON2C1(Cl)CCCCC1. The number of carbonyl (C=O) groups excluding carboxylic acids is 1. The smallest absolute Gasteiger partial charge is 0.274 e. The van der Waals surface area contributed by atoms with Crippen LogP contribution in [0, 0.1) is 0 Å². The Balaban J connectivity index is 1.63. The maximum Gasteiger partial charge on any atom is 0.279 e. The van der Waals surface area contributed by atoms with E-state index in [1.54, 1.807) is 0 Å². The molecule has 3 aromatic carbocycles. The lowest BCUT2D eigenvalue weighted by molar-refractivity contribution is -0.276. The second-order valence-electron chi connectivity index (χ2n) is 8.90. The summed E-state index contributed by atoms with van der Waals surface area (Å²) in [7, 11) is 0. The molecule has 3 aromatic rings. The van der Waals surface area contributed by atoms with E-state index in [0.29, 0.717) is 0 Å². The van der Waals surface area contributed by atoms with E-state index in [4.69, 9.17) is 16.4 Å². The molecule has 0 unspecified atom stereocenters. The third-order valence-electron chi connectivity index (χ3n) is 6.87. The van der Waals surface area contributed by atoms with Crippen molar-refractivity contribution >= 4 is 35.0 Å². The topological polar surface area (TPSA) is 32.8 Å². The standard InChI is InChI=1S/C27H25ClN2O2S/c28-25(19-11-4-12-20-25)30-27(22-15-7-2-8-16-22)29(23-17-9-3-10-18-23)24(31)26(32-30,33-27)21-13-5-1-6-14-21/h1-3,5-10,13-18H,4,11-12,19-20H2/t26-,27+/m1/s1. The molecule has 3 fully saturated rings. The Morgan fingerprint density at radius 3 is 1.91 bits per heavy atom. The maximum atomic E-state index is 14.3. The molecule has 0 N–H and O–H groups in total. The Bertz CT molecular complexity index is 1160. The molecular weight excluding hydrogens is 452 g/mol. The lowest BCUT2D eigenvalue weighted by Gasteiger charge is -2.51. The first-order valence-electron chi connectivity index (χ1n) is 11.5. The number of benzene rings is 3. The summed E-state index contributed by atoms with van der Waals surface area (Å²) in [6.07, 6.45) is 4.86. The van der Waals surface area contributed by atoms with Gasteiger partial charge in [0.25, 0.3) is 5.91 Å². The van der Waals surface area contributed by atoms with Crippen molar-refractivity contribution in [3.8, 4) is 0 Å². The van der Waals surface area contributed by atoms with E-state index in [1.165, 1.54) is 18.2 Å².